The topological polar surface area (TPSA) is 41.1 Å². The number of nitrogens with zero attached hydrogens (tertiary/aromatic N) is 3. The van der Waals surface area contributed by atoms with Gasteiger partial charge in [0, 0.05) is 20.1 Å². The summed E-state index contributed by atoms with van der Waals surface area (Å²) in [6, 6.07) is 0. The summed E-state index contributed by atoms with van der Waals surface area (Å²) in [5.74, 6) is 0.865. The molecule has 1 aromatic rings. The van der Waals surface area contributed by atoms with Gasteiger partial charge in [-0.25, -0.2) is 9.97 Å². The number of hydrogen-bond donors (Lipinski definition) is 1. The molecule has 0 saturated carbocycles. The summed E-state index contributed by atoms with van der Waals surface area (Å²) in [4.78, 5) is 10.9. The van der Waals surface area contributed by atoms with Crippen LogP contribution in [0.5, 0.6) is 0 Å². The number of aromatic nitrogens is 2. The molecule has 0 atom stereocenters. The second kappa shape index (κ2) is 4.26. The molecule has 14 heavy (non-hydrogen) atoms. The van der Waals surface area contributed by atoms with E-state index in [1.807, 2.05) is 19.4 Å². The van der Waals surface area contributed by atoms with Crippen molar-refractivity contribution >= 4 is 11.6 Å². The molecule has 0 aromatic carbocycles. The average molecular weight is 192 g/mol. The van der Waals surface area contributed by atoms with Gasteiger partial charge < -0.3 is 10.2 Å². The van der Waals surface area contributed by atoms with Gasteiger partial charge >= 0.3 is 0 Å². The number of rotatable bonds is 2. The predicted octanol–water partition coefficient (Wildman–Crippen LogP) is 1.51. The molecule has 0 spiro atoms. The molecule has 1 aliphatic rings. The Morgan fingerprint density at radius 2 is 1.79 bits per heavy atom. The zero-order chi connectivity index (χ0) is 9.80. The van der Waals surface area contributed by atoms with Crippen molar-refractivity contribution in [3.05, 3.63) is 12.4 Å². The van der Waals surface area contributed by atoms with Crippen LogP contribution in [0.1, 0.15) is 19.3 Å². The molecule has 1 fully saturated rings. The van der Waals surface area contributed by atoms with Crippen LogP contribution >= 0.6 is 0 Å². The van der Waals surface area contributed by atoms with E-state index in [-0.39, 0.29) is 0 Å². The maximum atomic E-state index is 4.33. The average Bonchev–Trinajstić information content (AvgIpc) is 2.30. The molecule has 1 N–H and O–H groups in total. The fourth-order valence-corrected chi connectivity index (χ4v) is 1.71. The summed E-state index contributed by atoms with van der Waals surface area (Å²) in [6.07, 6.45) is 7.52. The molecule has 1 aliphatic heterocycles. The van der Waals surface area contributed by atoms with E-state index in [4.69, 9.17) is 0 Å². The first-order valence-electron chi connectivity index (χ1n) is 5.15. The second-order valence-electron chi connectivity index (χ2n) is 3.57. The first-order valence-corrected chi connectivity index (χ1v) is 5.15. The van der Waals surface area contributed by atoms with Crippen molar-refractivity contribution in [2.45, 2.75) is 19.3 Å². The summed E-state index contributed by atoms with van der Waals surface area (Å²) in [7, 11) is 1.87. The van der Waals surface area contributed by atoms with E-state index in [1.165, 1.54) is 19.3 Å². The van der Waals surface area contributed by atoms with Crippen molar-refractivity contribution in [2.24, 2.45) is 0 Å². The molecule has 0 bridgehead atoms. The van der Waals surface area contributed by atoms with E-state index in [0.717, 1.165) is 24.7 Å². The van der Waals surface area contributed by atoms with E-state index in [9.17, 15) is 0 Å². The predicted molar refractivity (Wildman–Crippen MR) is 57.6 cm³/mol. The number of piperidine rings is 1. The molecule has 4 nitrogen and oxygen atoms in total. The Bertz CT molecular complexity index is 277. The maximum absolute atomic E-state index is 4.33. The summed E-state index contributed by atoms with van der Waals surface area (Å²) in [5, 5.41) is 3.01. The SMILES string of the molecule is CNc1cnc(N2CCCCC2)nc1. The van der Waals surface area contributed by atoms with Crippen molar-refractivity contribution in [3.63, 3.8) is 0 Å². The molecule has 0 unspecified atom stereocenters. The summed E-state index contributed by atoms with van der Waals surface area (Å²) in [6.45, 7) is 2.19. The van der Waals surface area contributed by atoms with Gasteiger partial charge in [-0.3, -0.25) is 0 Å². The molecule has 1 aromatic heterocycles. The van der Waals surface area contributed by atoms with Gasteiger partial charge in [0.1, 0.15) is 0 Å². The molecule has 4 heteroatoms. The lowest BCUT2D eigenvalue weighted by Gasteiger charge is -2.26. The van der Waals surface area contributed by atoms with Crippen LogP contribution in [0.2, 0.25) is 0 Å². The molecule has 2 heterocycles. The monoisotopic (exact) mass is 192 g/mol. The molecule has 0 aliphatic carbocycles. The molecule has 0 radical (unpaired) electrons. The molecule has 76 valence electrons. The van der Waals surface area contributed by atoms with Crippen LogP contribution in [-0.4, -0.2) is 30.1 Å². The smallest absolute Gasteiger partial charge is 0.225 e. The zero-order valence-corrected chi connectivity index (χ0v) is 8.53. The van der Waals surface area contributed by atoms with Crippen LogP contribution in [-0.2, 0) is 0 Å². The fraction of sp³-hybridized carbons (Fsp3) is 0.600. The number of hydrogen-bond acceptors (Lipinski definition) is 4. The molecule has 0 amide bonds. The van der Waals surface area contributed by atoms with Crippen LogP contribution in [0.3, 0.4) is 0 Å². The fourth-order valence-electron chi connectivity index (χ4n) is 1.71. The van der Waals surface area contributed by atoms with Gasteiger partial charge in [0.05, 0.1) is 18.1 Å². The number of anilines is 2. The van der Waals surface area contributed by atoms with E-state index >= 15 is 0 Å². The zero-order valence-electron chi connectivity index (χ0n) is 8.53. The second-order valence-corrected chi connectivity index (χ2v) is 3.57. The van der Waals surface area contributed by atoms with E-state index < -0.39 is 0 Å². The molecular weight excluding hydrogens is 176 g/mol. The van der Waals surface area contributed by atoms with Gasteiger partial charge in [-0.2, -0.15) is 0 Å². The first kappa shape index (κ1) is 9.24. The van der Waals surface area contributed by atoms with Gasteiger partial charge in [-0.05, 0) is 19.3 Å². The molecule has 2 rings (SSSR count). The van der Waals surface area contributed by atoms with Crippen molar-refractivity contribution < 1.29 is 0 Å². The molecular formula is C10H16N4. The highest BCUT2D eigenvalue weighted by Gasteiger charge is 2.12. The lowest BCUT2D eigenvalue weighted by molar-refractivity contribution is 0.568. The Morgan fingerprint density at radius 3 is 2.36 bits per heavy atom. The Morgan fingerprint density at radius 1 is 1.14 bits per heavy atom. The summed E-state index contributed by atoms with van der Waals surface area (Å²) >= 11 is 0. The summed E-state index contributed by atoms with van der Waals surface area (Å²) in [5.41, 5.74) is 0.964. The number of nitrogens with one attached hydrogen (secondary N) is 1. The van der Waals surface area contributed by atoms with Crippen molar-refractivity contribution in [2.75, 3.05) is 30.4 Å². The Hall–Kier alpha value is -1.32. The maximum Gasteiger partial charge on any atom is 0.225 e. The van der Waals surface area contributed by atoms with Crippen LogP contribution < -0.4 is 10.2 Å². The minimum absolute atomic E-state index is 0.865. The Kier molecular flexibility index (Phi) is 2.81. The highest BCUT2D eigenvalue weighted by atomic mass is 15.2. The third-order valence-corrected chi connectivity index (χ3v) is 2.57. The lowest BCUT2D eigenvalue weighted by Crippen LogP contribution is -2.30. The standard InChI is InChI=1S/C10H16N4/c1-11-9-7-12-10(13-8-9)14-5-3-2-4-6-14/h7-8,11H,2-6H2,1H3. The third kappa shape index (κ3) is 1.95. The van der Waals surface area contributed by atoms with Crippen LogP contribution in [0.25, 0.3) is 0 Å². The Balaban J connectivity index is 2.07. The van der Waals surface area contributed by atoms with Gasteiger partial charge in [0.2, 0.25) is 5.95 Å². The van der Waals surface area contributed by atoms with Crippen LogP contribution in [0, 0.1) is 0 Å². The van der Waals surface area contributed by atoms with E-state index in [1.54, 1.807) is 0 Å². The van der Waals surface area contributed by atoms with E-state index in [0.29, 0.717) is 0 Å². The summed E-state index contributed by atoms with van der Waals surface area (Å²) < 4.78 is 0. The van der Waals surface area contributed by atoms with Gasteiger partial charge in [0.25, 0.3) is 0 Å². The molecule has 1 saturated heterocycles. The van der Waals surface area contributed by atoms with Gasteiger partial charge in [-0.15, -0.1) is 0 Å². The minimum atomic E-state index is 0.865. The third-order valence-electron chi connectivity index (χ3n) is 2.57. The van der Waals surface area contributed by atoms with Crippen LogP contribution in [0.4, 0.5) is 11.6 Å². The van der Waals surface area contributed by atoms with Gasteiger partial charge in [0.15, 0.2) is 0 Å². The largest absolute Gasteiger partial charge is 0.386 e. The Labute approximate surface area is 84.4 Å². The van der Waals surface area contributed by atoms with E-state index in [2.05, 4.69) is 20.2 Å². The van der Waals surface area contributed by atoms with Crippen molar-refractivity contribution in [3.8, 4) is 0 Å². The van der Waals surface area contributed by atoms with Crippen LogP contribution in [0.15, 0.2) is 12.4 Å². The van der Waals surface area contributed by atoms with Gasteiger partial charge in [-0.1, -0.05) is 0 Å². The first-order chi connectivity index (χ1) is 6.90. The lowest BCUT2D eigenvalue weighted by atomic mass is 10.1. The van der Waals surface area contributed by atoms with Crippen molar-refractivity contribution in [1.29, 1.82) is 0 Å². The normalized spacial score (nSPS) is 16.8. The minimum Gasteiger partial charge on any atom is -0.386 e. The quantitative estimate of drug-likeness (QED) is 0.771. The van der Waals surface area contributed by atoms with Crippen molar-refractivity contribution in [1.82, 2.24) is 9.97 Å². The highest BCUT2D eigenvalue weighted by molar-refractivity contribution is 5.41. The highest BCUT2D eigenvalue weighted by Crippen LogP contribution is 2.15.